The number of hydrogen-bond acceptors (Lipinski definition) is 1. The Morgan fingerprint density at radius 1 is 0.630 bits per heavy atom. The molecule has 2 aromatic carbocycles. The van der Waals surface area contributed by atoms with Gasteiger partial charge in [0.15, 0.2) is 0 Å². The zero-order chi connectivity index (χ0) is 19.0. The van der Waals surface area contributed by atoms with E-state index in [1.807, 2.05) is 54.6 Å². The highest BCUT2D eigenvalue weighted by molar-refractivity contribution is 5.45. The van der Waals surface area contributed by atoms with Crippen molar-refractivity contribution < 1.29 is 4.74 Å². The highest BCUT2D eigenvalue weighted by Crippen LogP contribution is 2.13. The van der Waals surface area contributed by atoms with Gasteiger partial charge in [-0.2, -0.15) is 0 Å². The molecule has 0 heterocycles. The van der Waals surface area contributed by atoms with Crippen molar-refractivity contribution in [2.24, 2.45) is 0 Å². The van der Waals surface area contributed by atoms with Gasteiger partial charge in [0.25, 0.3) is 0 Å². The summed E-state index contributed by atoms with van der Waals surface area (Å²) in [6.07, 6.45) is 10.5. The lowest BCUT2D eigenvalue weighted by Crippen LogP contribution is -1.97. The van der Waals surface area contributed by atoms with Crippen LogP contribution >= 0.6 is 0 Å². The van der Waals surface area contributed by atoms with Gasteiger partial charge >= 0.3 is 0 Å². The molecule has 1 heteroatoms. The SMILES string of the molecule is CCCCCCCCCCOc1ccc(C#CC#Cc2ccccc2)cc1. The monoisotopic (exact) mass is 358 g/mol. The zero-order valence-corrected chi connectivity index (χ0v) is 16.5. The molecule has 140 valence electrons. The van der Waals surface area contributed by atoms with Crippen molar-refractivity contribution in [2.45, 2.75) is 58.3 Å². The smallest absolute Gasteiger partial charge is 0.119 e. The van der Waals surface area contributed by atoms with Crippen LogP contribution in [0.2, 0.25) is 0 Å². The number of unbranched alkanes of at least 4 members (excludes halogenated alkanes) is 7. The maximum absolute atomic E-state index is 5.81. The maximum atomic E-state index is 5.81. The molecular formula is C26H30O. The van der Waals surface area contributed by atoms with Gasteiger partial charge < -0.3 is 4.74 Å². The number of rotatable bonds is 10. The van der Waals surface area contributed by atoms with Crippen LogP contribution in [0.4, 0.5) is 0 Å². The van der Waals surface area contributed by atoms with E-state index in [9.17, 15) is 0 Å². The predicted octanol–water partition coefficient (Wildman–Crippen LogP) is 6.61. The summed E-state index contributed by atoms with van der Waals surface area (Å²) >= 11 is 0. The molecular weight excluding hydrogens is 328 g/mol. The van der Waals surface area contributed by atoms with E-state index in [-0.39, 0.29) is 0 Å². The summed E-state index contributed by atoms with van der Waals surface area (Å²) in [5.41, 5.74) is 1.94. The van der Waals surface area contributed by atoms with Crippen molar-refractivity contribution in [1.82, 2.24) is 0 Å². The van der Waals surface area contributed by atoms with Gasteiger partial charge in [-0.15, -0.1) is 0 Å². The zero-order valence-electron chi connectivity index (χ0n) is 16.5. The number of ether oxygens (including phenoxy) is 1. The van der Waals surface area contributed by atoms with E-state index in [2.05, 4.69) is 30.6 Å². The van der Waals surface area contributed by atoms with Gasteiger partial charge in [-0.3, -0.25) is 0 Å². The molecule has 2 rings (SSSR count). The summed E-state index contributed by atoms with van der Waals surface area (Å²) in [5, 5.41) is 0. The van der Waals surface area contributed by atoms with Crippen molar-refractivity contribution >= 4 is 0 Å². The Hall–Kier alpha value is -2.64. The molecule has 0 spiro atoms. The van der Waals surface area contributed by atoms with E-state index in [1.54, 1.807) is 0 Å². The van der Waals surface area contributed by atoms with E-state index in [0.29, 0.717) is 0 Å². The van der Waals surface area contributed by atoms with E-state index in [4.69, 9.17) is 4.74 Å². The molecule has 0 unspecified atom stereocenters. The normalized spacial score (nSPS) is 9.67. The molecule has 2 aromatic rings. The second-order valence-corrected chi connectivity index (χ2v) is 6.71. The molecule has 1 nitrogen and oxygen atoms in total. The third kappa shape index (κ3) is 9.58. The summed E-state index contributed by atoms with van der Waals surface area (Å²) < 4.78 is 5.81. The van der Waals surface area contributed by atoms with Crippen LogP contribution in [0.3, 0.4) is 0 Å². The first kappa shape index (κ1) is 20.7. The van der Waals surface area contributed by atoms with Crippen LogP contribution < -0.4 is 4.74 Å². The van der Waals surface area contributed by atoms with Crippen molar-refractivity contribution in [3.8, 4) is 29.4 Å². The van der Waals surface area contributed by atoms with Crippen LogP contribution in [0.5, 0.6) is 5.75 Å². The van der Waals surface area contributed by atoms with Gasteiger partial charge in [0, 0.05) is 11.1 Å². The fraction of sp³-hybridized carbons (Fsp3) is 0.385. The van der Waals surface area contributed by atoms with E-state index >= 15 is 0 Å². The molecule has 0 saturated carbocycles. The van der Waals surface area contributed by atoms with Crippen LogP contribution in [0.15, 0.2) is 54.6 Å². The van der Waals surface area contributed by atoms with Gasteiger partial charge in [0.05, 0.1) is 6.61 Å². The molecule has 0 bridgehead atoms. The van der Waals surface area contributed by atoms with Crippen molar-refractivity contribution in [2.75, 3.05) is 6.61 Å². The highest BCUT2D eigenvalue weighted by Gasteiger charge is 1.95. The van der Waals surface area contributed by atoms with Gasteiger partial charge in [0.1, 0.15) is 5.75 Å². The maximum Gasteiger partial charge on any atom is 0.119 e. The Morgan fingerprint density at radius 3 is 1.81 bits per heavy atom. The summed E-state index contributed by atoms with van der Waals surface area (Å²) in [7, 11) is 0. The minimum atomic E-state index is 0.794. The van der Waals surface area contributed by atoms with Crippen LogP contribution in [0.1, 0.15) is 69.4 Å². The van der Waals surface area contributed by atoms with Gasteiger partial charge in [-0.1, -0.05) is 81.9 Å². The fourth-order valence-corrected chi connectivity index (χ4v) is 2.79. The second-order valence-electron chi connectivity index (χ2n) is 6.71. The van der Waals surface area contributed by atoms with Crippen molar-refractivity contribution in [3.05, 3.63) is 65.7 Å². The summed E-state index contributed by atoms with van der Waals surface area (Å²) in [5.74, 6) is 12.8. The number of hydrogen-bond donors (Lipinski definition) is 0. The Kier molecular flexibility index (Phi) is 10.4. The first-order valence-electron chi connectivity index (χ1n) is 10.2. The van der Waals surface area contributed by atoms with E-state index in [1.165, 1.54) is 44.9 Å². The fourth-order valence-electron chi connectivity index (χ4n) is 2.79. The first-order valence-corrected chi connectivity index (χ1v) is 10.2. The van der Waals surface area contributed by atoms with Gasteiger partial charge in [-0.25, -0.2) is 0 Å². The Morgan fingerprint density at radius 2 is 1.19 bits per heavy atom. The van der Waals surface area contributed by atoms with Gasteiger partial charge in [-0.05, 0) is 54.7 Å². The van der Waals surface area contributed by atoms with Gasteiger partial charge in [0.2, 0.25) is 0 Å². The second kappa shape index (κ2) is 13.5. The third-order valence-electron chi connectivity index (χ3n) is 4.37. The summed E-state index contributed by atoms with van der Waals surface area (Å²) in [4.78, 5) is 0. The summed E-state index contributed by atoms with van der Waals surface area (Å²) in [6.45, 7) is 3.05. The quantitative estimate of drug-likeness (QED) is 0.343. The standard InChI is InChI=1S/C26H30O/c1-2-3-4-5-6-7-8-14-23-27-26-21-19-25(20-22-26)18-13-12-17-24-15-10-9-11-16-24/h9-11,15-16,19-22H,2-8,14,23H2,1H3. The Balaban J connectivity index is 1.63. The molecule has 0 atom stereocenters. The molecule has 0 aliphatic carbocycles. The van der Waals surface area contributed by atoms with Crippen LogP contribution in [-0.2, 0) is 0 Å². The van der Waals surface area contributed by atoms with Crippen molar-refractivity contribution in [3.63, 3.8) is 0 Å². The number of benzene rings is 2. The lowest BCUT2D eigenvalue weighted by molar-refractivity contribution is 0.304. The van der Waals surface area contributed by atoms with E-state index in [0.717, 1.165) is 29.9 Å². The largest absolute Gasteiger partial charge is 0.494 e. The average Bonchev–Trinajstić information content (AvgIpc) is 2.72. The Bertz CT molecular complexity index is 751. The highest BCUT2D eigenvalue weighted by atomic mass is 16.5. The molecule has 0 radical (unpaired) electrons. The lowest BCUT2D eigenvalue weighted by Gasteiger charge is -2.06. The molecule has 27 heavy (non-hydrogen) atoms. The van der Waals surface area contributed by atoms with Crippen molar-refractivity contribution in [1.29, 1.82) is 0 Å². The molecule has 0 aliphatic rings. The molecule has 0 amide bonds. The lowest BCUT2D eigenvalue weighted by atomic mass is 10.1. The molecule has 0 N–H and O–H groups in total. The molecule has 0 aromatic heterocycles. The molecule has 0 fully saturated rings. The van der Waals surface area contributed by atoms with Crippen LogP contribution in [-0.4, -0.2) is 6.61 Å². The average molecular weight is 359 g/mol. The van der Waals surface area contributed by atoms with E-state index < -0.39 is 0 Å². The Labute approximate surface area is 165 Å². The third-order valence-corrected chi connectivity index (χ3v) is 4.37. The molecule has 0 saturated heterocycles. The first-order chi connectivity index (χ1) is 13.4. The topological polar surface area (TPSA) is 9.23 Å². The summed E-state index contributed by atoms with van der Waals surface area (Å²) in [6, 6.07) is 17.8. The van der Waals surface area contributed by atoms with Crippen LogP contribution in [0, 0.1) is 23.7 Å². The molecule has 0 aliphatic heterocycles. The minimum absolute atomic E-state index is 0.794. The predicted molar refractivity (Wildman–Crippen MR) is 115 cm³/mol. The minimum Gasteiger partial charge on any atom is -0.494 e. The van der Waals surface area contributed by atoms with Crippen LogP contribution in [0.25, 0.3) is 0 Å².